The van der Waals surface area contributed by atoms with Crippen LogP contribution < -0.4 is 10.8 Å². The van der Waals surface area contributed by atoms with Crippen LogP contribution in [0.15, 0.2) is 36.7 Å². The van der Waals surface area contributed by atoms with Crippen molar-refractivity contribution in [1.29, 1.82) is 0 Å². The molecule has 106 valence electrons. The summed E-state index contributed by atoms with van der Waals surface area (Å²) >= 11 is 0. The Morgan fingerprint density at radius 2 is 2.05 bits per heavy atom. The Hall–Kier alpha value is -2.34. The number of hydrogen-bond acceptors (Lipinski definition) is 3. The molecule has 1 aromatic carbocycles. The second kappa shape index (κ2) is 6.21. The van der Waals surface area contributed by atoms with Crippen LogP contribution in [0.4, 0.5) is 4.79 Å². The Morgan fingerprint density at radius 1 is 1.35 bits per heavy atom. The fourth-order valence-electron chi connectivity index (χ4n) is 1.98. The van der Waals surface area contributed by atoms with Crippen LogP contribution in [0, 0.1) is 6.92 Å². The van der Waals surface area contributed by atoms with Crippen molar-refractivity contribution in [2.75, 3.05) is 7.11 Å². The van der Waals surface area contributed by atoms with Crippen LogP contribution in [-0.4, -0.2) is 22.7 Å². The summed E-state index contributed by atoms with van der Waals surface area (Å²) in [6, 6.07) is 7.48. The van der Waals surface area contributed by atoms with E-state index in [-0.39, 0.29) is 12.1 Å². The summed E-state index contributed by atoms with van der Waals surface area (Å²) in [6.45, 7) is 3.86. The van der Waals surface area contributed by atoms with E-state index in [0.29, 0.717) is 0 Å². The highest BCUT2D eigenvalue weighted by atomic mass is 16.6. The maximum Gasteiger partial charge on any atom is 0.339 e. The minimum Gasteiger partial charge on any atom is -0.330 e. The van der Waals surface area contributed by atoms with E-state index in [1.165, 1.54) is 7.11 Å². The number of carbonyl (C=O) groups excluding carboxylic acids is 1. The van der Waals surface area contributed by atoms with Crippen LogP contribution in [-0.2, 0) is 4.84 Å². The van der Waals surface area contributed by atoms with Crippen molar-refractivity contribution < 1.29 is 9.63 Å². The van der Waals surface area contributed by atoms with E-state index in [1.54, 1.807) is 6.20 Å². The van der Waals surface area contributed by atoms with Crippen LogP contribution in [0.25, 0.3) is 5.69 Å². The van der Waals surface area contributed by atoms with Crippen LogP contribution in [0.1, 0.15) is 24.4 Å². The fourth-order valence-corrected chi connectivity index (χ4v) is 1.98. The van der Waals surface area contributed by atoms with Crippen LogP contribution >= 0.6 is 0 Å². The van der Waals surface area contributed by atoms with E-state index < -0.39 is 0 Å². The molecule has 2 aromatic rings. The third kappa shape index (κ3) is 3.16. The third-order valence-electron chi connectivity index (χ3n) is 3.04. The molecule has 1 atom stereocenters. The molecular formula is C14H18N4O2. The van der Waals surface area contributed by atoms with Gasteiger partial charge in [-0.05, 0) is 31.5 Å². The molecule has 2 rings (SSSR count). The normalized spacial score (nSPS) is 11.9. The number of aromatic nitrogens is 2. The van der Waals surface area contributed by atoms with Gasteiger partial charge in [-0.1, -0.05) is 12.1 Å². The summed E-state index contributed by atoms with van der Waals surface area (Å²) in [4.78, 5) is 20.1. The van der Waals surface area contributed by atoms with Gasteiger partial charge < -0.3 is 9.88 Å². The number of aryl methyl sites for hydroxylation is 1. The molecule has 0 saturated carbocycles. The van der Waals surface area contributed by atoms with Gasteiger partial charge >= 0.3 is 6.03 Å². The Morgan fingerprint density at radius 3 is 2.60 bits per heavy atom. The number of nitrogens with one attached hydrogen (secondary N) is 2. The molecule has 0 aliphatic heterocycles. The lowest BCUT2D eigenvalue weighted by Gasteiger charge is -2.15. The number of hydrogen-bond donors (Lipinski definition) is 2. The number of amides is 2. The Balaban J connectivity index is 2.08. The fraction of sp³-hybridized carbons (Fsp3) is 0.286. The molecule has 0 aliphatic carbocycles. The monoisotopic (exact) mass is 274 g/mol. The molecule has 6 heteroatoms. The third-order valence-corrected chi connectivity index (χ3v) is 3.04. The molecule has 2 amide bonds. The minimum atomic E-state index is -0.366. The van der Waals surface area contributed by atoms with Gasteiger partial charge in [0, 0.05) is 18.1 Å². The summed E-state index contributed by atoms with van der Waals surface area (Å²) in [5.41, 5.74) is 4.28. The number of imidazole rings is 1. The SMILES string of the molecule is CONC(=O)NC(C)c1ccc(-n2ccnc2C)cc1. The van der Waals surface area contributed by atoms with Crippen LogP contribution in [0.5, 0.6) is 0 Å². The van der Waals surface area contributed by atoms with Gasteiger partial charge in [-0.25, -0.2) is 15.3 Å². The highest BCUT2D eigenvalue weighted by Gasteiger charge is 2.09. The maximum atomic E-state index is 11.4. The van der Waals surface area contributed by atoms with E-state index in [0.717, 1.165) is 17.1 Å². The molecule has 1 unspecified atom stereocenters. The standard InChI is InChI=1S/C14H18N4O2/c1-10(16-14(19)17-20-3)12-4-6-13(7-5-12)18-9-8-15-11(18)2/h4-10H,1-3H3,(H2,16,17,19). The quantitative estimate of drug-likeness (QED) is 0.839. The largest absolute Gasteiger partial charge is 0.339 e. The van der Waals surface area contributed by atoms with E-state index in [4.69, 9.17) is 0 Å². The van der Waals surface area contributed by atoms with Crippen molar-refractivity contribution in [2.24, 2.45) is 0 Å². The lowest BCUT2D eigenvalue weighted by Crippen LogP contribution is -2.36. The zero-order chi connectivity index (χ0) is 14.5. The predicted octanol–water partition coefficient (Wildman–Crippen LogP) is 2.10. The van der Waals surface area contributed by atoms with Gasteiger partial charge in [0.15, 0.2) is 0 Å². The maximum absolute atomic E-state index is 11.4. The van der Waals surface area contributed by atoms with Crippen molar-refractivity contribution in [3.63, 3.8) is 0 Å². The van der Waals surface area contributed by atoms with Crippen LogP contribution in [0.3, 0.4) is 0 Å². The van der Waals surface area contributed by atoms with Gasteiger partial charge in [-0.15, -0.1) is 0 Å². The molecule has 6 nitrogen and oxygen atoms in total. The highest BCUT2D eigenvalue weighted by molar-refractivity contribution is 5.73. The first-order valence-electron chi connectivity index (χ1n) is 6.31. The smallest absolute Gasteiger partial charge is 0.330 e. The molecule has 0 bridgehead atoms. The summed E-state index contributed by atoms with van der Waals surface area (Å²) in [7, 11) is 1.40. The van der Waals surface area contributed by atoms with Crippen molar-refractivity contribution in [3.8, 4) is 5.69 Å². The number of urea groups is 1. The topological polar surface area (TPSA) is 68.2 Å². The molecule has 2 N–H and O–H groups in total. The number of hydroxylamine groups is 1. The zero-order valence-electron chi connectivity index (χ0n) is 11.8. The average Bonchev–Trinajstić information content (AvgIpc) is 2.85. The molecule has 0 radical (unpaired) electrons. The summed E-state index contributed by atoms with van der Waals surface area (Å²) in [5.74, 6) is 0.934. The number of rotatable bonds is 4. The Labute approximate surface area is 117 Å². The lowest BCUT2D eigenvalue weighted by atomic mass is 10.1. The Bertz CT molecular complexity index is 577. The molecule has 0 spiro atoms. The molecule has 0 saturated heterocycles. The second-order valence-electron chi connectivity index (χ2n) is 4.44. The van der Waals surface area contributed by atoms with Crippen molar-refractivity contribution in [3.05, 3.63) is 48.0 Å². The lowest BCUT2D eigenvalue weighted by molar-refractivity contribution is 0.106. The van der Waals surface area contributed by atoms with Crippen molar-refractivity contribution in [2.45, 2.75) is 19.9 Å². The van der Waals surface area contributed by atoms with Gasteiger partial charge in [0.1, 0.15) is 5.82 Å². The van der Waals surface area contributed by atoms with E-state index in [1.807, 2.05) is 48.9 Å². The van der Waals surface area contributed by atoms with Crippen molar-refractivity contribution >= 4 is 6.03 Å². The summed E-state index contributed by atoms with van der Waals surface area (Å²) in [6.07, 6.45) is 3.68. The van der Waals surface area contributed by atoms with Gasteiger partial charge in [-0.2, -0.15) is 0 Å². The Kier molecular flexibility index (Phi) is 4.37. The average molecular weight is 274 g/mol. The van der Waals surface area contributed by atoms with Gasteiger partial charge in [0.25, 0.3) is 0 Å². The van der Waals surface area contributed by atoms with E-state index >= 15 is 0 Å². The second-order valence-corrected chi connectivity index (χ2v) is 4.44. The zero-order valence-corrected chi connectivity index (χ0v) is 11.8. The number of nitrogens with zero attached hydrogens (tertiary/aromatic N) is 2. The first kappa shape index (κ1) is 14.1. The van der Waals surface area contributed by atoms with Gasteiger partial charge in [-0.3, -0.25) is 4.84 Å². The number of carbonyl (C=O) groups is 1. The van der Waals surface area contributed by atoms with E-state index in [9.17, 15) is 4.79 Å². The first-order chi connectivity index (χ1) is 9.61. The van der Waals surface area contributed by atoms with Gasteiger partial charge in [0.05, 0.1) is 13.2 Å². The minimum absolute atomic E-state index is 0.108. The number of benzene rings is 1. The molecule has 0 aliphatic rings. The highest BCUT2D eigenvalue weighted by Crippen LogP contribution is 2.16. The predicted molar refractivity (Wildman–Crippen MR) is 75.4 cm³/mol. The summed E-state index contributed by atoms with van der Waals surface area (Å²) < 4.78 is 2.00. The van der Waals surface area contributed by atoms with E-state index in [2.05, 4.69) is 20.6 Å². The molecule has 1 aromatic heterocycles. The van der Waals surface area contributed by atoms with Crippen molar-refractivity contribution in [1.82, 2.24) is 20.3 Å². The molecule has 1 heterocycles. The molecule has 0 fully saturated rings. The molecular weight excluding hydrogens is 256 g/mol. The first-order valence-corrected chi connectivity index (χ1v) is 6.31. The summed E-state index contributed by atoms with van der Waals surface area (Å²) in [5, 5.41) is 2.77. The van der Waals surface area contributed by atoms with Gasteiger partial charge in [0.2, 0.25) is 0 Å². The van der Waals surface area contributed by atoms with Crippen LogP contribution in [0.2, 0.25) is 0 Å². The molecule has 20 heavy (non-hydrogen) atoms.